The Kier molecular flexibility index (Phi) is 8.13. The van der Waals surface area contributed by atoms with Crippen molar-refractivity contribution in [2.24, 2.45) is 0 Å². The quantitative estimate of drug-likeness (QED) is 0.156. The van der Waals surface area contributed by atoms with Gasteiger partial charge in [-0.2, -0.15) is 0 Å². The van der Waals surface area contributed by atoms with E-state index in [-0.39, 0.29) is 5.41 Å². The highest BCUT2D eigenvalue weighted by molar-refractivity contribution is 6.11. The third kappa shape index (κ3) is 6.04. The summed E-state index contributed by atoms with van der Waals surface area (Å²) in [5.74, 6) is 5.23. The molecule has 0 atom stereocenters. The molecule has 12 aromatic rings. The third-order valence-electron chi connectivity index (χ3n) is 11.6. The Balaban J connectivity index is 0.972. The van der Waals surface area contributed by atoms with Crippen molar-refractivity contribution in [1.29, 1.82) is 0 Å². The smallest absolute Gasteiger partial charge is 0.273 e. The van der Waals surface area contributed by atoms with Crippen LogP contribution in [0.5, 0.6) is 23.0 Å². The number of rotatable bonds is 7. The third-order valence-corrected chi connectivity index (χ3v) is 11.6. The molecule has 0 N–H and O–H groups in total. The van der Waals surface area contributed by atoms with Gasteiger partial charge in [-0.15, -0.1) is 20.4 Å². The Labute approximate surface area is 360 Å². The van der Waals surface area contributed by atoms with Crippen LogP contribution in [0, 0.1) is 0 Å². The molecule has 0 aliphatic rings. The summed E-state index contributed by atoms with van der Waals surface area (Å²) in [5.41, 5.74) is 5.48. The van der Waals surface area contributed by atoms with E-state index in [1.165, 1.54) is 0 Å². The zero-order valence-electron chi connectivity index (χ0n) is 34.5. The van der Waals surface area contributed by atoms with E-state index in [0.29, 0.717) is 34.8 Å². The molecule has 0 bridgehead atoms. The molecule has 6 aromatic heterocycles. The number of hydrogen-bond acceptors (Lipinski definition) is 8. The van der Waals surface area contributed by atoms with Crippen molar-refractivity contribution >= 4 is 65.4 Å². The van der Waals surface area contributed by atoms with Gasteiger partial charge in [-0.05, 0) is 84.9 Å². The van der Waals surface area contributed by atoms with Gasteiger partial charge in [-0.1, -0.05) is 69.3 Å². The normalized spacial score (nSPS) is 12.0. The summed E-state index contributed by atoms with van der Waals surface area (Å²) in [7, 11) is 0. The molecule has 0 radical (unpaired) electrons. The topological polar surface area (TPSA) is 111 Å². The average molecular weight is 820 g/mol. The minimum atomic E-state index is -0.325. The fourth-order valence-electron chi connectivity index (χ4n) is 8.70. The largest absolute Gasteiger partial charge is 0.457 e. The molecule has 12 rings (SSSR count). The number of aromatic nitrogens is 9. The summed E-state index contributed by atoms with van der Waals surface area (Å²) in [4.78, 5) is 9.39. The Hall–Kier alpha value is -8.44. The lowest BCUT2D eigenvalue weighted by Crippen LogP contribution is -2.19. The maximum Gasteiger partial charge on any atom is 0.273 e. The van der Waals surface area contributed by atoms with E-state index < -0.39 is 0 Å². The van der Waals surface area contributed by atoms with Crippen LogP contribution < -0.4 is 9.47 Å². The van der Waals surface area contributed by atoms with Gasteiger partial charge in [0.05, 0.1) is 33.1 Å². The molecule has 63 heavy (non-hydrogen) atoms. The molecule has 0 aliphatic carbocycles. The van der Waals surface area contributed by atoms with Gasteiger partial charge in [-0.25, -0.2) is 9.97 Å². The minimum Gasteiger partial charge on any atom is -0.457 e. The maximum atomic E-state index is 6.68. The molecule has 0 saturated carbocycles. The first kappa shape index (κ1) is 36.4. The lowest BCUT2D eigenvalue weighted by molar-refractivity contribution is 0.484. The number of para-hydroxylation sites is 2. The van der Waals surface area contributed by atoms with Crippen molar-refractivity contribution in [2.45, 2.75) is 26.2 Å². The number of benzene rings is 6. The molecule has 302 valence electrons. The van der Waals surface area contributed by atoms with Crippen molar-refractivity contribution in [2.75, 3.05) is 0 Å². The van der Waals surface area contributed by atoms with Gasteiger partial charge in [0.25, 0.3) is 5.95 Å². The summed E-state index contributed by atoms with van der Waals surface area (Å²) < 4.78 is 19.7. The van der Waals surface area contributed by atoms with Gasteiger partial charge in [0.1, 0.15) is 34.6 Å². The van der Waals surface area contributed by atoms with E-state index in [1.807, 2.05) is 111 Å². The molecule has 0 amide bonds. The van der Waals surface area contributed by atoms with Gasteiger partial charge in [0, 0.05) is 74.4 Å². The minimum absolute atomic E-state index is 0.325. The van der Waals surface area contributed by atoms with Crippen molar-refractivity contribution in [1.82, 2.24) is 44.1 Å². The van der Waals surface area contributed by atoms with E-state index in [1.54, 1.807) is 0 Å². The molecular weight excluding hydrogens is 783 g/mol. The highest BCUT2D eigenvalue weighted by Crippen LogP contribution is 2.40. The molecule has 0 spiro atoms. The number of pyridine rings is 2. The summed E-state index contributed by atoms with van der Waals surface area (Å²) >= 11 is 0. The molecule has 6 heterocycles. The number of hydrogen-bond donors (Lipinski definition) is 0. The second kappa shape index (κ2) is 14.1. The van der Waals surface area contributed by atoms with Crippen LogP contribution in [0.1, 0.15) is 26.6 Å². The molecule has 0 saturated heterocycles. The summed E-state index contributed by atoms with van der Waals surface area (Å²) in [6, 6.07) is 53.2. The van der Waals surface area contributed by atoms with E-state index in [4.69, 9.17) is 19.4 Å². The second-order valence-electron chi connectivity index (χ2n) is 16.6. The van der Waals surface area contributed by atoms with Gasteiger partial charge < -0.3 is 9.47 Å². The van der Waals surface area contributed by atoms with Gasteiger partial charge in [0.2, 0.25) is 0 Å². The fourth-order valence-corrected chi connectivity index (χ4v) is 8.70. The van der Waals surface area contributed by atoms with Gasteiger partial charge in [-0.3, -0.25) is 13.7 Å². The van der Waals surface area contributed by atoms with Gasteiger partial charge >= 0.3 is 0 Å². The predicted molar refractivity (Wildman–Crippen MR) is 248 cm³/mol. The Morgan fingerprint density at radius 2 is 0.730 bits per heavy atom. The monoisotopic (exact) mass is 819 g/mol. The first-order valence-electron chi connectivity index (χ1n) is 20.8. The van der Waals surface area contributed by atoms with Crippen LogP contribution in [0.15, 0.2) is 170 Å². The van der Waals surface area contributed by atoms with Crippen molar-refractivity contribution in [3.63, 3.8) is 0 Å². The molecule has 0 aliphatic heterocycles. The Morgan fingerprint density at radius 3 is 1.11 bits per heavy atom. The summed E-state index contributed by atoms with van der Waals surface area (Å²) in [6.45, 7) is 6.12. The summed E-state index contributed by atoms with van der Waals surface area (Å²) in [6.07, 6.45) is 3.63. The Morgan fingerprint density at radius 1 is 0.365 bits per heavy atom. The molecule has 0 unspecified atom stereocenters. The van der Waals surface area contributed by atoms with E-state index in [9.17, 15) is 0 Å². The predicted octanol–water partition coefficient (Wildman–Crippen LogP) is 12.2. The molecular formula is C52H37N9O2. The average Bonchev–Trinajstić information content (AvgIpc) is 3.94. The summed E-state index contributed by atoms with van der Waals surface area (Å²) in [5, 5.41) is 24.9. The van der Waals surface area contributed by atoms with Crippen molar-refractivity contribution in [3.8, 4) is 40.6 Å². The van der Waals surface area contributed by atoms with E-state index in [0.717, 1.165) is 77.1 Å². The van der Waals surface area contributed by atoms with Crippen LogP contribution in [-0.4, -0.2) is 44.1 Å². The van der Waals surface area contributed by atoms with Crippen LogP contribution in [0.25, 0.3) is 83.0 Å². The van der Waals surface area contributed by atoms with E-state index >= 15 is 0 Å². The second-order valence-corrected chi connectivity index (χ2v) is 16.6. The van der Waals surface area contributed by atoms with Crippen LogP contribution >= 0.6 is 0 Å². The fraction of sp³-hybridized carbons (Fsp3) is 0.0769. The first-order chi connectivity index (χ1) is 30.9. The van der Waals surface area contributed by atoms with Crippen LogP contribution in [-0.2, 0) is 5.41 Å². The zero-order valence-corrected chi connectivity index (χ0v) is 34.5. The Bertz CT molecular complexity index is 3500. The standard InChI is InChI=1S/C52H37N9O2/c1-52(2,3)50-55-57-51(58-56-50)61-46-30-34(62-32-18-22-38-36-12-4-6-14-42(36)59(44(38)28-32)48-16-8-10-26-53-48)20-24-40(46)41-25-21-35(31-47(41)61)63-33-19-23-39-37-13-5-7-15-43(37)60(45(39)29-33)49-17-9-11-27-54-49/h4-31H,1-3H3. The SMILES string of the molecule is CC(C)(C)c1nnc(-n2c3cc(Oc4ccc5c6ccccc6n(-c6ccccn6)c5c4)ccc3c3ccc(Oc4ccc5c6ccccc6n(-c6ccccn6)c5c4)cc32)nn1. The van der Waals surface area contributed by atoms with Crippen LogP contribution in [0.4, 0.5) is 0 Å². The maximum absolute atomic E-state index is 6.68. The molecule has 11 nitrogen and oxygen atoms in total. The lowest BCUT2D eigenvalue weighted by Gasteiger charge is -2.14. The van der Waals surface area contributed by atoms with Crippen LogP contribution in [0.2, 0.25) is 0 Å². The highest BCUT2D eigenvalue weighted by Gasteiger charge is 2.22. The van der Waals surface area contributed by atoms with Crippen molar-refractivity contribution in [3.05, 3.63) is 176 Å². The molecule has 11 heteroatoms. The number of nitrogens with zero attached hydrogens (tertiary/aromatic N) is 9. The number of ether oxygens (including phenoxy) is 2. The highest BCUT2D eigenvalue weighted by atomic mass is 16.5. The molecule has 6 aromatic carbocycles. The van der Waals surface area contributed by atoms with Crippen LogP contribution in [0.3, 0.4) is 0 Å². The van der Waals surface area contributed by atoms with Crippen molar-refractivity contribution < 1.29 is 9.47 Å². The zero-order chi connectivity index (χ0) is 42.2. The van der Waals surface area contributed by atoms with E-state index in [2.05, 4.69) is 114 Å². The van der Waals surface area contributed by atoms with Gasteiger partial charge in [0.15, 0.2) is 5.82 Å². The first-order valence-corrected chi connectivity index (χ1v) is 20.8. The molecule has 0 fully saturated rings. The number of fused-ring (bicyclic) bond motifs is 9. The lowest BCUT2D eigenvalue weighted by atomic mass is 9.96.